The van der Waals surface area contributed by atoms with Crippen LogP contribution in [-0.2, 0) is 4.74 Å². The number of aromatic carboxylic acids is 1. The van der Waals surface area contributed by atoms with Gasteiger partial charge in [-0.3, -0.25) is 0 Å². The summed E-state index contributed by atoms with van der Waals surface area (Å²) in [4.78, 5) is 13.0. The van der Waals surface area contributed by atoms with Crippen LogP contribution in [0.2, 0.25) is 0 Å². The minimum atomic E-state index is -0.970. The molecular formula is C15H24N2O3. The van der Waals surface area contributed by atoms with Crippen molar-refractivity contribution in [2.45, 2.75) is 33.3 Å². The quantitative estimate of drug-likeness (QED) is 0.783. The van der Waals surface area contributed by atoms with E-state index < -0.39 is 5.97 Å². The second kappa shape index (κ2) is 6.61. The molecule has 0 aliphatic carbocycles. The van der Waals surface area contributed by atoms with Crippen LogP contribution in [0.4, 0.5) is 11.4 Å². The summed E-state index contributed by atoms with van der Waals surface area (Å²) < 4.78 is 5.71. The minimum absolute atomic E-state index is 0.169. The molecule has 5 nitrogen and oxygen atoms in total. The molecule has 20 heavy (non-hydrogen) atoms. The monoisotopic (exact) mass is 280 g/mol. The smallest absolute Gasteiger partial charge is 0.335 e. The van der Waals surface area contributed by atoms with Crippen molar-refractivity contribution in [3.05, 3.63) is 23.8 Å². The summed E-state index contributed by atoms with van der Waals surface area (Å²) in [6, 6.07) is 4.81. The van der Waals surface area contributed by atoms with Crippen LogP contribution in [0.25, 0.3) is 0 Å². The molecule has 0 spiro atoms. The van der Waals surface area contributed by atoms with Crippen LogP contribution in [0, 0.1) is 0 Å². The van der Waals surface area contributed by atoms with Crippen molar-refractivity contribution in [1.82, 2.24) is 0 Å². The van der Waals surface area contributed by atoms with E-state index in [2.05, 4.69) is 4.90 Å². The van der Waals surface area contributed by atoms with Gasteiger partial charge in [0.2, 0.25) is 0 Å². The standard InChI is InChI=1S/C15H24N2O3/c1-5-17(8-9-20-15(2,3)4)13-7-6-11(14(18)19)10-12(13)16/h6-7,10H,5,8-9,16H2,1-4H3,(H,18,19). The maximum absolute atomic E-state index is 10.9. The molecule has 5 heteroatoms. The van der Waals surface area contributed by atoms with Crippen molar-refractivity contribution < 1.29 is 14.6 Å². The van der Waals surface area contributed by atoms with E-state index in [1.165, 1.54) is 6.07 Å². The van der Waals surface area contributed by atoms with Crippen molar-refractivity contribution in [1.29, 1.82) is 0 Å². The lowest BCUT2D eigenvalue weighted by Crippen LogP contribution is -2.31. The van der Waals surface area contributed by atoms with Crippen LogP contribution in [0.1, 0.15) is 38.1 Å². The Kier molecular flexibility index (Phi) is 5.39. The Bertz CT molecular complexity index is 467. The molecule has 0 saturated heterocycles. The molecule has 1 aromatic rings. The Morgan fingerprint density at radius 3 is 2.50 bits per heavy atom. The maximum atomic E-state index is 10.9. The van der Waals surface area contributed by atoms with Gasteiger partial charge in [-0.15, -0.1) is 0 Å². The highest BCUT2D eigenvalue weighted by molar-refractivity contribution is 5.90. The van der Waals surface area contributed by atoms with E-state index in [1.807, 2.05) is 27.7 Å². The van der Waals surface area contributed by atoms with Gasteiger partial charge in [0, 0.05) is 13.1 Å². The van der Waals surface area contributed by atoms with Crippen LogP contribution in [0.15, 0.2) is 18.2 Å². The third kappa shape index (κ3) is 4.74. The first-order valence-corrected chi connectivity index (χ1v) is 6.76. The van der Waals surface area contributed by atoms with Crippen molar-refractivity contribution >= 4 is 17.3 Å². The lowest BCUT2D eigenvalue weighted by Gasteiger charge is -2.27. The zero-order chi connectivity index (χ0) is 15.3. The normalized spacial score (nSPS) is 11.4. The van der Waals surface area contributed by atoms with E-state index in [9.17, 15) is 4.79 Å². The number of carboxylic acid groups (broad SMARTS) is 1. The van der Waals surface area contributed by atoms with E-state index in [0.717, 1.165) is 12.2 Å². The van der Waals surface area contributed by atoms with Crippen molar-refractivity contribution in [2.24, 2.45) is 0 Å². The Morgan fingerprint density at radius 1 is 1.40 bits per heavy atom. The Labute approximate surface area is 120 Å². The number of nitrogens with zero attached hydrogens (tertiary/aromatic N) is 1. The van der Waals surface area contributed by atoms with Crippen LogP contribution in [0.3, 0.4) is 0 Å². The molecule has 0 bridgehead atoms. The van der Waals surface area contributed by atoms with Gasteiger partial charge in [-0.2, -0.15) is 0 Å². The molecule has 0 radical (unpaired) electrons. The fourth-order valence-corrected chi connectivity index (χ4v) is 1.89. The first-order valence-electron chi connectivity index (χ1n) is 6.76. The zero-order valence-corrected chi connectivity index (χ0v) is 12.6. The largest absolute Gasteiger partial charge is 0.478 e. The summed E-state index contributed by atoms with van der Waals surface area (Å²) in [5.41, 5.74) is 7.30. The third-order valence-electron chi connectivity index (χ3n) is 2.89. The first-order chi connectivity index (χ1) is 9.24. The molecule has 1 rings (SSSR count). The zero-order valence-electron chi connectivity index (χ0n) is 12.6. The van der Waals surface area contributed by atoms with Crippen molar-refractivity contribution in [2.75, 3.05) is 30.3 Å². The van der Waals surface area contributed by atoms with Gasteiger partial charge >= 0.3 is 5.97 Å². The molecule has 3 N–H and O–H groups in total. The molecule has 0 atom stereocenters. The molecule has 0 amide bonds. The number of ether oxygens (including phenoxy) is 1. The molecule has 0 unspecified atom stereocenters. The first kappa shape index (κ1) is 16.3. The molecule has 0 aliphatic rings. The summed E-state index contributed by atoms with van der Waals surface area (Å²) in [6.07, 6.45) is 0. The average Bonchev–Trinajstić information content (AvgIpc) is 2.34. The summed E-state index contributed by atoms with van der Waals surface area (Å²) in [6.45, 7) is 10.2. The number of anilines is 2. The van der Waals surface area contributed by atoms with Crippen LogP contribution in [-0.4, -0.2) is 36.4 Å². The van der Waals surface area contributed by atoms with Gasteiger partial charge in [-0.05, 0) is 45.9 Å². The van der Waals surface area contributed by atoms with Gasteiger partial charge in [0.15, 0.2) is 0 Å². The Balaban J connectivity index is 2.77. The fraction of sp³-hybridized carbons (Fsp3) is 0.533. The second-order valence-electron chi connectivity index (χ2n) is 5.62. The van der Waals surface area contributed by atoms with Crippen LogP contribution < -0.4 is 10.6 Å². The number of rotatable bonds is 6. The van der Waals surface area contributed by atoms with Gasteiger partial charge in [-0.1, -0.05) is 0 Å². The summed E-state index contributed by atoms with van der Waals surface area (Å²) in [5.74, 6) is -0.970. The number of carboxylic acids is 1. The third-order valence-corrected chi connectivity index (χ3v) is 2.89. The number of nitrogen functional groups attached to an aromatic ring is 1. The molecule has 0 aliphatic heterocycles. The summed E-state index contributed by atoms with van der Waals surface area (Å²) >= 11 is 0. The highest BCUT2D eigenvalue weighted by Gasteiger charge is 2.14. The summed E-state index contributed by atoms with van der Waals surface area (Å²) in [7, 11) is 0. The van der Waals surface area contributed by atoms with Crippen LogP contribution >= 0.6 is 0 Å². The number of carbonyl (C=O) groups is 1. The van der Waals surface area contributed by atoms with Gasteiger partial charge in [0.1, 0.15) is 0 Å². The minimum Gasteiger partial charge on any atom is -0.478 e. The topological polar surface area (TPSA) is 75.8 Å². The maximum Gasteiger partial charge on any atom is 0.335 e. The van der Waals surface area contributed by atoms with Gasteiger partial charge in [-0.25, -0.2) is 4.79 Å². The SMILES string of the molecule is CCN(CCOC(C)(C)C)c1ccc(C(=O)O)cc1N. The molecular weight excluding hydrogens is 256 g/mol. The Hall–Kier alpha value is -1.75. The fourth-order valence-electron chi connectivity index (χ4n) is 1.89. The highest BCUT2D eigenvalue weighted by atomic mass is 16.5. The lowest BCUT2D eigenvalue weighted by atomic mass is 10.1. The molecule has 0 fully saturated rings. The second-order valence-corrected chi connectivity index (χ2v) is 5.62. The predicted molar refractivity (Wildman–Crippen MR) is 81.4 cm³/mol. The van der Waals surface area contributed by atoms with Crippen LogP contribution in [0.5, 0.6) is 0 Å². The predicted octanol–water partition coefficient (Wildman–Crippen LogP) is 2.61. The number of likely N-dealkylation sites (N-methyl/N-ethyl adjacent to an activating group) is 1. The number of benzene rings is 1. The van der Waals surface area contributed by atoms with E-state index in [1.54, 1.807) is 12.1 Å². The molecule has 0 saturated carbocycles. The molecule has 1 aromatic carbocycles. The lowest BCUT2D eigenvalue weighted by molar-refractivity contribution is 0.00142. The van der Waals surface area contributed by atoms with Gasteiger partial charge < -0.3 is 20.5 Å². The van der Waals surface area contributed by atoms with E-state index >= 15 is 0 Å². The van der Waals surface area contributed by atoms with Crippen molar-refractivity contribution in [3.63, 3.8) is 0 Å². The molecule has 0 heterocycles. The van der Waals surface area contributed by atoms with E-state index in [0.29, 0.717) is 18.8 Å². The summed E-state index contributed by atoms with van der Waals surface area (Å²) in [5, 5.41) is 8.94. The highest BCUT2D eigenvalue weighted by Crippen LogP contribution is 2.24. The number of nitrogens with two attached hydrogens (primary N) is 1. The number of hydrogen-bond donors (Lipinski definition) is 2. The van der Waals surface area contributed by atoms with Gasteiger partial charge in [0.05, 0.1) is 29.1 Å². The number of hydrogen-bond acceptors (Lipinski definition) is 4. The van der Waals surface area contributed by atoms with Crippen molar-refractivity contribution in [3.8, 4) is 0 Å². The molecule has 112 valence electrons. The Morgan fingerprint density at radius 2 is 2.05 bits per heavy atom. The molecule has 0 aromatic heterocycles. The average molecular weight is 280 g/mol. The van der Waals surface area contributed by atoms with E-state index in [-0.39, 0.29) is 11.2 Å². The van der Waals surface area contributed by atoms with E-state index in [4.69, 9.17) is 15.6 Å². The van der Waals surface area contributed by atoms with Gasteiger partial charge in [0.25, 0.3) is 0 Å².